The van der Waals surface area contributed by atoms with Crippen LogP contribution < -0.4 is 10.2 Å². The summed E-state index contributed by atoms with van der Waals surface area (Å²) >= 11 is 0. The van der Waals surface area contributed by atoms with Gasteiger partial charge in [-0.05, 0) is 61.4 Å². The van der Waals surface area contributed by atoms with Gasteiger partial charge in [-0.3, -0.25) is 10.0 Å². The van der Waals surface area contributed by atoms with Crippen molar-refractivity contribution in [2.24, 2.45) is 0 Å². The van der Waals surface area contributed by atoms with Crippen LogP contribution in [0.25, 0.3) is 0 Å². The Labute approximate surface area is 179 Å². The molecule has 3 rings (SSSR count). The number of ether oxygens (including phenoxy) is 1. The Hall–Kier alpha value is -2.82. The molecule has 0 saturated heterocycles. The minimum atomic E-state index is -4.17. The van der Waals surface area contributed by atoms with Crippen molar-refractivity contribution in [2.75, 3.05) is 6.54 Å². The third-order valence-corrected chi connectivity index (χ3v) is 7.32. The van der Waals surface area contributed by atoms with Gasteiger partial charge in [0.1, 0.15) is 29.1 Å². The average molecular weight is 450 g/mol. The van der Waals surface area contributed by atoms with E-state index in [2.05, 4.69) is 0 Å². The number of carbonyl (C=O) groups is 2. The van der Waals surface area contributed by atoms with E-state index in [-0.39, 0.29) is 30.7 Å². The lowest BCUT2D eigenvalue weighted by Crippen LogP contribution is -2.59. The van der Waals surface area contributed by atoms with E-state index in [9.17, 15) is 27.6 Å². The van der Waals surface area contributed by atoms with E-state index in [1.165, 1.54) is 48.5 Å². The van der Waals surface area contributed by atoms with E-state index in [0.717, 1.165) is 4.31 Å². The van der Waals surface area contributed by atoms with Crippen molar-refractivity contribution in [3.05, 3.63) is 54.3 Å². The number of nitrogens with one attached hydrogen (secondary N) is 1. The number of hydroxylamine groups is 1. The molecule has 1 fully saturated rings. The van der Waals surface area contributed by atoms with Gasteiger partial charge in [-0.15, -0.1) is 0 Å². The molecule has 0 aromatic heterocycles. The lowest BCUT2D eigenvalue weighted by atomic mass is 9.96. The van der Waals surface area contributed by atoms with Gasteiger partial charge in [-0.1, -0.05) is 12.8 Å². The molecule has 8 nitrogen and oxygen atoms in total. The smallest absolute Gasteiger partial charge is 0.264 e. The van der Waals surface area contributed by atoms with Gasteiger partial charge in [0, 0.05) is 13.0 Å². The molecule has 10 heteroatoms. The number of nitrogens with zero attached hydrogens (tertiary/aromatic N) is 1. The monoisotopic (exact) mass is 450 g/mol. The fourth-order valence-electron chi connectivity index (χ4n) is 3.83. The predicted octanol–water partition coefficient (Wildman–Crippen LogP) is 3.02. The number of rotatable bonds is 9. The molecule has 1 aliphatic rings. The largest absolute Gasteiger partial charge is 0.457 e. The zero-order valence-corrected chi connectivity index (χ0v) is 17.5. The molecule has 0 spiro atoms. The summed E-state index contributed by atoms with van der Waals surface area (Å²) in [5, 5.41) is 9.23. The van der Waals surface area contributed by atoms with Gasteiger partial charge in [0.2, 0.25) is 10.0 Å². The number of hydrogen-bond donors (Lipinski definition) is 2. The van der Waals surface area contributed by atoms with Gasteiger partial charge < -0.3 is 9.53 Å². The van der Waals surface area contributed by atoms with Gasteiger partial charge in [-0.2, -0.15) is 4.31 Å². The number of halogens is 1. The van der Waals surface area contributed by atoms with E-state index < -0.39 is 27.3 Å². The molecule has 1 aliphatic carbocycles. The van der Waals surface area contributed by atoms with Crippen LogP contribution in [0, 0.1) is 5.82 Å². The van der Waals surface area contributed by atoms with Crippen LogP contribution >= 0.6 is 0 Å². The van der Waals surface area contributed by atoms with Gasteiger partial charge in [0.25, 0.3) is 5.91 Å². The van der Waals surface area contributed by atoms with Crippen molar-refractivity contribution in [3.63, 3.8) is 0 Å². The normalized spacial score (nSPS) is 15.6. The Bertz CT molecular complexity index is 1020. The quantitative estimate of drug-likeness (QED) is 0.345. The van der Waals surface area contributed by atoms with Crippen LogP contribution in [0.1, 0.15) is 32.1 Å². The van der Waals surface area contributed by atoms with Crippen molar-refractivity contribution in [2.45, 2.75) is 42.5 Å². The molecule has 1 amide bonds. The summed E-state index contributed by atoms with van der Waals surface area (Å²) in [4.78, 5) is 23.4. The van der Waals surface area contributed by atoms with Gasteiger partial charge >= 0.3 is 0 Å². The van der Waals surface area contributed by atoms with Crippen LogP contribution in [0.4, 0.5) is 4.39 Å². The van der Waals surface area contributed by atoms with Crippen molar-refractivity contribution < 1.29 is 32.3 Å². The molecule has 31 heavy (non-hydrogen) atoms. The van der Waals surface area contributed by atoms with E-state index >= 15 is 0 Å². The summed E-state index contributed by atoms with van der Waals surface area (Å²) in [6.45, 7) is -0.187. The Balaban J connectivity index is 1.91. The second-order valence-electron chi connectivity index (χ2n) is 7.24. The number of hydrogen-bond acceptors (Lipinski definition) is 6. The summed E-state index contributed by atoms with van der Waals surface area (Å²) in [6, 6.07) is 10.9. The van der Waals surface area contributed by atoms with Crippen LogP contribution in [-0.4, -0.2) is 42.2 Å². The molecule has 0 heterocycles. The highest BCUT2D eigenvalue weighted by molar-refractivity contribution is 7.89. The maximum absolute atomic E-state index is 13.4. The maximum Gasteiger partial charge on any atom is 0.264 e. The number of carbonyl (C=O) groups excluding carboxylic acids is 2. The van der Waals surface area contributed by atoms with Gasteiger partial charge in [0.05, 0.1) is 4.90 Å². The third kappa shape index (κ3) is 4.76. The van der Waals surface area contributed by atoms with Crippen LogP contribution in [0.3, 0.4) is 0 Å². The molecule has 2 aromatic carbocycles. The number of aldehydes is 1. The fourth-order valence-corrected chi connectivity index (χ4v) is 5.64. The lowest BCUT2D eigenvalue weighted by Gasteiger charge is -2.38. The van der Waals surface area contributed by atoms with E-state index in [4.69, 9.17) is 4.74 Å². The minimum absolute atomic E-state index is 0.0816. The highest BCUT2D eigenvalue weighted by Gasteiger charge is 2.51. The molecule has 0 bridgehead atoms. The summed E-state index contributed by atoms with van der Waals surface area (Å²) in [5.41, 5.74) is 0.130. The zero-order chi connectivity index (χ0) is 22.5. The SMILES string of the molecule is O=CCCN(C1(C(=O)NO)CCCC1)S(=O)(=O)c1ccc(Oc2ccc(F)cc2)cc1. The third-order valence-electron chi connectivity index (χ3n) is 5.34. The van der Waals surface area contributed by atoms with Gasteiger partial charge in [-0.25, -0.2) is 18.3 Å². The summed E-state index contributed by atoms with van der Waals surface area (Å²) < 4.78 is 46.5. The molecular weight excluding hydrogens is 427 g/mol. The van der Waals surface area contributed by atoms with Crippen LogP contribution in [0.2, 0.25) is 0 Å². The first-order chi connectivity index (χ1) is 14.8. The highest BCUT2D eigenvalue weighted by Crippen LogP contribution is 2.39. The van der Waals surface area contributed by atoms with Gasteiger partial charge in [0.15, 0.2) is 0 Å². The lowest BCUT2D eigenvalue weighted by molar-refractivity contribution is -0.139. The molecule has 2 N–H and O–H groups in total. The van der Waals surface area contributed by atoms with E-state index in [1.54, 1.807) is 5.48 Å². The number of benzene rings is 2. The Kier molecular flexibility index (Phi) is 7.04. The molecule has 0 radical (unpaired) electrons. The number of amides is 1. The van der Waals surface area contributed by atoms with E-state index in [1.807, 2.05) is 0 Å². The summed E-state index contributed by atoms with van der Waals surface area (Å²) in [6.07, 6.45) is 2.20. The van der Waals surface area contributed by atoms with Crippen LogP contribution in [-0.2, 0) is 19.6 Å². The molecule has 0 atom stereocenters. The molecule has 0 aliphatic heterocycles. The van der Waals surface area contributed by atoms with Crippen molar-refractivity contribution in [3.8, 4) is 11.5 Å². The molecule has 0 unspecified atom stereocenters. The first-order valence-electron chi connectivity index (χ1n) is 9.78. The van der Waals surface area contributed by atoms with Crippen LogP contribution in [0.15, 0.2) is 53.4 Å². The predicted molar refractivity (Wildman–Crippen MR) is 109 cm³/mol. The maximum atomic E-state index is 13.4. The Morgan fingerprint density at radius 3 is 2.16 bits per heavy atom. The summed E-state index contributed by atoms with van der Waals surface area (Å²) in [7, 11) is -4.17. The Morgan fingerprint density at radius 1 is 1.10 bits per heavy atom. The highest BCUT2D eigenvalue weighted by atomic mass is 32.2. The first-order valence-corrected chi connectivity index (χ1v) is 11.2. The van der Waals surface area contributed by atoms with Crippen LogP contribution in [0.5, 0.6) is 11.5 Å². The number of sulfonamides is 1. The minimum Gasteiger partial charge on any atom is -0.457 e. The summed E-state index contributed by atoms with van der Waals surface area (Å²) in [5.74, 6) is -0.490. The standard InChI is InChI=1S/C21H23FN2O6S/c22-16-4-6-17(7-5-16)30-18-8-10-19(11-9-18)31(28,29)24(14-3-15-25)21(20(26)23-27)12-1-2-13-21/h4-11,15,27H,1-3,12-14H2,(H,23,26). The Morgan fingerprint density at radius 2 is 1.65 bits per heavy atom. The average Bonchev–Trinajstić information content (AvgIpc) is 3.26. The zero-order valence-electron chi connectivity index (χ0n) is 16.7. The first kappa shape index (κ1) is 22.9. The van der Waals surface area contributed by atoms with Crippen molar-refractivity contribution in [1.82, 2.24) is 9.79 Å². The van der Waals surface area contributed by atoms with Crippen molar-refractivity contribution >= 4 is 22.2 Å². The van der Waals surface area contributed by atoms with Crippen molar-refractivity contribution in [1.29, 1.82) is 0 Å². The fraction of sp³-hybridized carbons (Fsp3) is 0.333. The second kappa shape index (κ2) is 9.54. The molecular formula is C21H23FN2O6S. The molecule has 2 aromatic rings. The second-order valence-corrected chi connectivity index (χ2v) is 9.10. The topological polar surface area (TPSA) is 113 Å². The molecule has 1 saturated carbocycles. The van der Waals surface area contributed by atoms with E-state index in [0.29, 0.717) is 30.6 Å². The molecule has 166 valence electrons.